The first-order valence-corrected chi connectivity index (χ1v) is 3.82. The van der Waals surface area contributed by atoms with Gasteiger partial charge in [-0.05, 0) is 20.8 Å². The Morgan fingerprint density at radius 3 is 2.67 bits per heavy atom. The molecule has 0 bridgehead atoms. The van der Waals surface area contributed by atoms with Crippen LogP contribution in [0.2, 0.25) is 0 Å². The number of rotatable bonds is 4. The predicted octanol–water partition coefficient (Wildman–Crippen LogP) is 0.775. The van der Waals surface area contributed by atoms with Crippen LogP contribution in [-0.4, -0.2) is 18.8 Å². The van der Waals surface area contributed by atoms with Gasteiger partial charge < -0.3 is 9.47 Å². The summed E-state index contributed by atoms with van der Waals surface area (Å²) >= 11 is 0. The van der Waals surface area contributed by atoms with Gasteiger partial charge >= 0.3 is 5.97 Å². The molecule has 12 heavy (non-hydrogen) atoms. The summed E-state index contributed by atoms with van der Waals surface area (Å²) in [5, 5.41) is 0. The normalized spacial score (nSPS) is 13.8. The molecule has 0 saturated carbocycles. The van der Waals surface area contributed by atoms with E-state index in [2.05, 4.69) is 0 Å². The topological polar surface area (TPSA) is 61.5 Å². The summed E-state index contributed by atoms with van der Waals surface area (Å²) in [6, 6.07) is 0. The molecule has 1 unspecified atom stereocenters. The lowest BCUT2D eigenvalue weighted by atomic mass is 10.3. The van der Waals surface area contributed by atoms with Crippen LogP contribution in [-0.2, 0) is 14.3 Å². The number of esters is 1. The molecule has 0 aromatic carbocycles. The Hall–Kier alpha value is -1.03. The molecule has 0 saturated heterocycles. The lowest BCUT2D eigenvalue weighted by molar-refractivity contribution is -0.138. The van der Waals surface area contributed by atoms with E-state index in [1.165, 1.54) is 6.26 Å². The number of carbonyl (C=O) groups excluding carboxylic acids is 1. The van der Waals surface area contributed by atoms with Crippen molar-refractivity contribution in [3.8, 4) is 0 Å². The number of hydrogen-bond donors (Lipinski definition) is 1. The molecule has 1 atom stereocenters. The Morgan fingerprint density at radius 2 is 2.25 bits per heavy atom. The monoisotopic (exact) mass is 173 g/mol. The Kier molecular flexibility index (Phi) is 5.12. The summed E-state index contributed by atoms with van der Waals surface area (Å²) in [6.07, 6.45) is 0.900. The number of hydrogen-bond acceptors (Lipinski definition) is 4. The third kappa shape index (κ3) is 4.73. The maximum absolute atomic E-state index is 10.9. The lowest BCUT2D eigenvalue weighted by Crippen LogP contribution is -2.17. The third-order valence-corrected chi connectivity index (χ3v) is 1.06. The summed E-state index contributed by atoms with van der Waals surface area (Å²) in [5.41, 5.74) is 5.71. The van der Waals surface area contributed by atoms with Crippen molar-refractivity contribution in [3.05, 3.63) is 11.8 Å². The summed E-state index contributed by atoms with van der Waals surface area (Å²) in [6.45, 7) is 5.40. The molecule has 0 spiro atoms. The molecule has 0 aliphatic rings. The van der Waals surface area contributed by atoms with Crippen molar-refractivity contribution in [1.82, 2.24) is 0 Å². The van der Waals surface area contributed by atoms with Crippen LogP contribution in [0.15, 0.2) is 11.8 Å². The highest BCUT2D eigenvalue weighted by molar-refractivity contribution is 5.87. The highest BCUT2D eigenvalue weighted by Crippen LogP contribution is 1.97. The zero-order valence-electron chi connectivity index (χ0n) is 7.66. The molecule has 70 valence electrons. The van der Waals surface area contributed by atoms with Crippen molar-refractivity contribution < 1.29 is 14.3 Å². The standard InChI is InChI=1S/C8H15NO3/c1-4-11-8(10)6(2)5-12-7(3)9/h5,7H,4,9H2,1-3H3. The van der Waals surface area contributed by atoms with Crippen molar-refractivity contribution in [2.75, 3.05) is 6.61 Å². The average molecular weight is 173 g/mol. The Morgan fingerprint density at radius 1 is 1.67 bits per heavy atom. The maximum Gasteiger partial charge on any atom is 0.336 e. The molecular formula is C8H15NO3. The van der Waals surface area contributed by atoms with Gasteiger partial charge in [0.25, 0.3) is 0 Å². The molecule has 0 aliphatic heterocycles. The van der Waals surface area contributed by atoms with Crippen molar-refractivity contribution in [3.63, 3.8) is 0 Å². The van der Waals surface area contributed by atoms with E-state index in [0.29, 0.717) is 12.2 Å². The second-order valence-electron chi connectivity index (χ2n) is 2.36. The molecule has 0 aromatic rings. The molecule has 0 aliphatic carbocycles. The van der Waals surface area contributed by atoms with Crippen LogP contribution < -0.4 is 5.73 Å². The smallest absolute Gasteiger partial charge is 0.336 e. The van der Waals surface area contributed by atoms with Gasteiger partial charge in [-0.25, -0.2) is 4.79 Å². The molecule has 2 N–H and O–H groups in total. The second kappa shape index (κ2) is 5.60. The number of carbonyl (C=O) groups is 1. The fourth-order valence-electron chi connectivity index (χ4n) is 0.502. The quantitative estimate of drug-likeness (QED) is 0.295. The average Bonchev–Trinajstić information content (AvgIpc) is 2.00. The molecule has 0 fully saturated rings. The van der Waals surface area contributed by atoms with Crippen molar-refractivity contribution >= 4 is 5.97 Å². The SMILES string of the molecule is CCOC(=O)C(C)=COC(C)N. The molecule has 4 heteroatoms. The van der Waals surface area contributed by atoms with E-state index in [4.69, 9.17) is 15.2 Å². The summed E-state index contributed by atoms with van der Waals surface area (Å²) in [4.78, 5) is 10.9. The van der Waals surface area contributed by atoms with E-state index in [-0.39, 0.29) is 5.97 Å². The zero-order valence-corrected chi connectivity index (χ0v) is 7.66. The Labute approximate surface area is 72.3 Å². The maximum atomic E-state index is 10.9. The van der Waals surface area contributed by atoms with Gasteiger partial charge in [-0.3, -0.25) is 5.73 Å². The van der Waals surface area contributed by atoms with Crippen LogP contribution >= 0.6 is 0 Å². The van der Waals surface area contributed by atoms with Crippen LogP contribution in [0.4, 0.5) is 0 Å². The highest BCUT2D eigenvalue weighted by atomic mass is 16.5. The number of nitrogens with two attached hydrogens (primary N) is 1. The highest BCUT2D eigenvalue weighted by Gasteiger charge is 2.04. The first-order chi connectivity index (χ1) is 5.57. The van der Waals surface area contributed by atoms with Crippen LogP contribution in [0.1, 0.15) is 20.8 Å². The Balaban J connectivity index is 3.90. The molecule has 0 radical (unpaired) electrons. The summed E-state index contributed by atoms with van der Waals surface area (Å²) in [7, 11) is 0. The second-order valence-corrected chi connectivity index (χ2v) is 2.36. The van der Waals surface area contributed by atoms with E-state index in [0.717, 1.165) is 0 Å². The van der Waals surface area contributed by atoms with Gasteiger partial charge in [0.05, 0.1) is 18.4 Å². The van der Waals surface area contributed by atoms with Gasteiger partial charge in [0.1, 0.15) is 6.23 Å². The Bertz CT molecular complexity index is 175. The van der Waals surface area contributed by atoms with E-state index >= 15 is 0 Å². The van der Waals surface area contributed by atoms with Crippen molar-refractivity contribution in [1.29, 1.82) is 0 Å². The minimum absolute atomic E-state index is 0.363. The van der Waals surface area contributed by atoms with Crippen molar-refractivity contribution in [2.45, 2.75) is 27.0 Å². The molecule has 0 rings (SSSR count). The van der Waals surface area contributed by atoms with E-state index in [1.54, 1.807) is 20.8 Å². The minimum atomic E-state index is -0.408. The minimum Gasteiger partial charge on any atom is -0.483 e. The molecule has 0 aromatic heterocycles. The first-order valence-electron chi connectivity index (χ1n) is 3.82. The summed E-state index contributed by atoms with van der Waals surface area (Å²) < 4.78 is 9.59. The molecule has 4 nitrogen and oxygen atoms in total. The van der Waals surface area contributed by atoms with Crippen LogP contribution in [0.3, 0.4) is 0 Å². The third-order valence-electron chi connectivity index (χ3n) is 1.06. The number of ether oxygens (including phenoxy) is 2. The predicted molar refractivity (Wildman–Crippen MR) is 45.1 cm³/mol. The first kappa shape index (κ1) is 11.0. The summed E-state index contributed by atoms with van der Waals surface area (Å²) in [5.74, 6) is -0.377. The molecule has 0 amide bonds. The van der Waals surface area contributed by atoms with Crippen LogP contribution in [0, 0.1) is 0 Å². The van der Waals surface area contributed by atoms with E-state index < -0.39 is 6.23 Å². The van der Waals surface area contributed by atoms with E-state index in [9.17, 15) is 4.79 Å². The zero-order chi connectivity index (χ0) is 9.56. The van der Waals surface area contributed by atoms with Crippen LogP contribution in [0.25, 0.3) is 0 Å². The molecule has 0 heterocycles. The fraction of sp³-hybridized carbons (Fsp3) is 0.625. The van der Waals surface area contributed by atoms with Gasteiger partial charge in [-0.15, -0.1) is 0 Å². The van der Waals surface area contributed by atoms with E-state index in [1.807, 2.05) is 0 Å². The van der Waals surface area contributed by atoms with Crippen LogP contribution in [0.5, 0.6) is 0 Å². The van der Waals surface area contributed by atoms with Gasteiger partial charge in [-0.1, -0.05) is 0 Å². The van der Waals surface area contributed by atoms with Gasteiger partial charge in [0, 0.05) is 0 Å². The fourth-order valence-corrected chi connectivity index (χ4v) is 0.502. The molecular weight excluding hydrogens is 158 g/mol. The van der Waals surface area contributed by atoms with Gasteiger partial charge in [0.15, 0.2) is 0 Å². The van der Waals surface area contributed by atoms with Crippen molar-refractivity contribution in [2.24, 2.45) is 5.73 Å². The lowest BCUT2D eigenvalue weighted by Gasteiger charge is -2.05. The van der Waals surface area contributed by atoms with Gasteiger partial charge in [0.2, 0.25) is 0 Å². The van der Waals surface area contributed by atoms with Gasteiger partial charge in [-0.2, -0.15) is 0 Å². The largest absolute Gasteiger partial charge is 0.483 e.